The van der Waals surface area contributed by atoms with E-state index in [1.54, 1.807) is 0 Å². The Morgan fingerprint density at radius 2 is 1.35 bits per heavy atom. The number of carbonyl (C=O) groups excluding carboxylic acids is 1. The summed E-state index contributed by atoms with van der Waals surface area (Å²) in [6.07, 6.45) is -0.331. The van der Waals surface area contributed by atoms with Crippen molar-refractivity contribution in [1.82, 2.24) is 0 Å². The molecule has 0 atom stereocenters. The predicted molar refractivity (Wildman–Crippen MR) is 50.3 cm³/mol. The molecule has 0 aliphatic rings. The van der Waals surface area contributed by atoms with Crippen molar-refractivity contribution in [1.29, 1.82) is 0 Å². The minimum absolute atomic E-state index is 0.00817. The maximum atomic E-state index is 13.0. The maximum Gasteiger partial charge on any atom is 0.312 e. The second kappa shape index (κ2) is 5.35. The first-order valence-corrected chi connectivity index (χ1v) is 4.86. The van der Waals surface area contributed by atoms with E-state index in [1.165, 1.54) is 0 Å². The normalized spacial score (nSPS) is 10.5. The molecule has 0 heterocycles. The van der Waals surface area contributed by atoms with E-state index < -0.39 is 40.8 Å². The van der Waals surface area contributed by atoms with Crippen molar-refractivity contribution in [2.45, 2.75) is 6.42 Å². The molecular formula is C9H5F5O2S. The van der Waals surface area contributed by atoms with Crippen LogP contribution in [0.1, 0.15) is 6.42 Å². The summed E-state index contributed by atoms with van der Waals surface area (Å²) < 4.78 is 68.0. The lowest BCUT2D eigenvalue weighted by molar-refractivity contribution is -0.134. The Morgan fingerprint density at radius 3 is 1.76 bits per heavy atom. The highest BCUT2D eigenvalue weighted by atomic mass is 32.1. The summed E-state index contributed by atoms with van der Waals surface area (Å²) in [6, 6.07) is 0. The lowest BCUT2D eigenvalue weighted by Crippen LogP contribution is -2.13. The first kappa shape index (κ1) is 13.8. The number of halogens is 5. The Hall–Kier alpha value is -1.31. The van der Waals surface area contributed by atoms with Gasteiger partial charge in [-0.15, -0.1) is 0 Å². The minimum Gasteiger partial charge on any atom is -0.420 e. The van der Waals surface area contributed by atoms with Crippen LogP contribution in [-0.2, 0) is 4.79 Å². The van der Waals surface area contributed by atoms with E-state index in [9.17, 15) is 26.7 Å². The molecule has 2 nitrogen and oxygen atoms in total. The van der Waals surface area contributed by atoms with Crippen molar-refractivity contribution < 1.29 is 31.5 Å². The van der Waals surface area contributed by atoms with Gasteiger partial charge in [-0.2, -0.15) is 21.4 Å². The Bertz CT molecular complexity index is 434. The fraction of sp³-hybridized carbons (Fsp3) is 0.222. The number of thiol groups is 1. The highest BCUT2D eigenvalue weighted by Crippen LogP contribution is 2.29. The summed E-state index contributed by atoms with van der Waals surface area (Å²) in [5.41, 5.74) is 0. The molecule has 94 valence electrons. The fourth-order valence-electron chi connectivity index (χ4n) is 0.931. The van der Waals surface area contributed by atoms with Crippen LogP contribution in [0, 0.1) is 29.1 Å². The SMILES string of the molecule is O=C(CCS)Oc1c(F)c(F)c(F)c(F)c1F. The Balaban J connectivity index is 3.20. The van der Waals surface area contributed by atoms with Crippen LogP contribution in [0.25, 0.3) is 0 Å². The second-order valence-corrected chi connectivity index (χ2v) is 3.29. The van der Waals surface area contributed by atoms with E-state index in [4.69, 9.17) is 0 Å². The maximum absolute atomic E-state index is 13.0. The summed E-state index contributed by atoms with van der Waals surface area (Å²) in [5.74, 6) is -13.8. The smallest absolute Gasteiger partial charge is 0.312 e. The molecule has 0 fully saturated rings. The quantitative estimate of drug-likeness (QED) is 0.229. The number of hydrogen-bond donors (Lipinski definition) is 1. The largest absolute Gasteiger partial charge is 0.420 e. The molecule has 1 aromatic rings. The molecule has 0 bridgehead atoms. The minimum atomic E-state index is -2.31. The Labute approximate surface area is 97.8 Å². The molecule has 0 saturated heterocycles. The van der Waals surface area contributed by atoms with Crippen molar-refractivity contribution >= 4 is 18.6 Å². The molecule has 0 N–H and O–H groups in total. The first-order valence-electron chi connectivity index (χ1n) is 4.23. The summed E-state index contributed by atoms with van der Waals surface area (Å²) in [5, 5.41) is 0. The number of esters is 1. The topological polar surface area (TPSA) is 26.3 Å². The van der Waals surface area contributed by atoms with Crippen molar-refractivity contribution in [2.75, 3.05) is 5.75 Å². The predicted octanol–water partition coefficient (Wildman–Crippen LogP) is 2.61. The van der Waals surface area contributed by atoms with Crippen LogP contribution < -0.4 is 4.74 Å². The highest BCUT2D eigenvalue weighted by molar-refractivity contribution is 7.80. The highest BCUT2D eigenvalue weighted by Gasteiger charge is 2.28. The number of hydrogen-bond acceptors (Lipinski definition) is 3. The number of carbonyl (C=O) groups is 1. The molecule has 0 aromatic heterocycles. The molecule has 0 spiro atoms. The van der Waals surface area contributed by atoms with E-state index in [1.807, 2.05) is 0 Å². The lowest BCUT2D eigenvalue weighted by atomic mass is 10.2. The monoisotopic (exact) mass is 272 g/mol. The molecule has 0 aliphatic heterocycles. The first-order chi connectivity index (χ1) is 7.90. The fourth-order valence-corrected chi connectivity index (χ4v) is 1.11. The lowest BCUT2D eigenvalue weighted by Gasteiger charge is -2.08. The molecule has 17 heavy (non-hydrogen) atoms. The summed E-state index contributed by atoms with van der Waals surface area (Å²) >= 11 is 3.64. The van der Waals surface area contributed by atoms with E-state index in [0.717, 1.165) is 0 Å². The van der Waals surface area contributed by atoms with Gasteiger partial charge in [0.2, 0.25) is 34.8 Å². The van der Waals surface area contributed by atoms with E-state index >= 15 is 0 Å². The Kier molecular flexibility index (Phi) is 4.33. The van der Waals surface area contributed by atoms with Crippen molar-refractivity contribution in [3.8, 4) is 5.75 Å². The van der Waals surface area contributed by atoms with Crippen molar-refractivity contribution in [3.63, 3.8) is 0 Å². The zero-order valence-electron chi connectivity index (χ0n) is 8.07. The molecule has 0 radical (unpaired) electrons. The molecule has 0 aliphatic carbocycles. The van der Waals surface area contributed by atoms with Crippen molar-refractivity contribution in [3.05, 3.63) is 29.1 Å². The van der Waals surface area contributed by atoms with Gasteiger partial charge >= 0.3 is 5.97 Å². The van der Waals surface area contributed by atoms with Gasteiger partial charge in [-0.3, -0.25) is 4.79 Å². The molecule has 1 aromatic carbocycles. The van der Waals surface area contributed by atoms with Crippen LogP contribution in [0.4, 0.5) is 22.0 Å². The summed E-state index contributed by atoms with van der Waals surface area (Å²) in [7, 11) is 0. The molecule has 8 heteroatoms. The third-order valence-corrected chi connectivity index (χ3v) is 1.92. The molecule has 0 unspecified atom stereocenters. The standard InChI is InChI=1S/C9H5F5O2S/c10-4-5(11)7(13)9(8(14)6(4)12)16-3(15)1-2-17/h17H,1-2H2. The zero-order chi connectivity index (χ0) is 13.2. The van der Waals surface area contributed by atoms with Crippen LogP contribution in [-0.4, -0.2) is 11.7 Å². The van der Waals surface area contributed by atoms with Crippen LogP contribution >= 0.6 is 12.6 Å². The molecular weight excluding hydrogens is 267 g/mol. The van der Waals surface area contributed by atoms with E-state index in [-0.39, 0.29) is 12.2 Å². The van der Waals surface area contributed by atoms with Gasteiger partial charge in [0.05, 0.1) is 6.42 Å². The van der Waals surface area contributed by atoms with Gasteiger partial charge in [-0.05, 0) is 0 Å². The van der Waals surface area contributed by atoms with Gasteiger partial charge in [0.15, 0.2) is 0 Å². The second-order valence-electron chi connectivity index (χ2n) is 2.85. The molecule has 0 saturated carbocycles. The van der Waals surface area contributed by atoms with Crippen LogP contribution in [0.5, 0.6) is 5.75 Å². The molecule has 0 amide bonds. The van der Waals surface area contributed by atoms with Crippen LogP contribution in [0.15, 0.2) is 0 Å². The van der Waals surface area contributed by atoms with Gasteiger partial charge in [0.1, 0.15) is 0 Å². The average molecular weight is 272 g/mol. The van der Waals surface area contributed by atoms with E-state index in [0.29, 0.717) is 0 Å². The number of rotatable bonds is 3. The van der Waals surface area contributed by atoms with Crippen LogP contribution in [0.2, 0.25) is 0 Å². The van der Waals surface area contributed by atoms with Gasteiger partial charge in [-0.25, -0.2) is 13.2 Å². The third-order valence-electron chi connectivity index (χ3n) is 1.70. The molecule has 1 rings (SSSR count). The van der Waals surface area contributed by atoms with Gasteiger partial charge in [0.25, 0.3) is 0 Å². The van der Waals surface area contributed by atoms with Gasteiger partial charge in [-0.1, -0.05) is 0 Å². The zero-order valence-corrected chi connectivity index (χ0v) is 8.96. The third kappa shape index (κ3) is 2.68. The Morgan fingerprint density at radius 1 is 0.941 bits per heavy atom. The summed E-state index contributed by atoms with van der Waals surface area (Å²) in [4.78, 5) is 10.9. The average Bonchev–Trinajstić information content (AvgIpc) is 2.30. The van der Waals surface area contributed by atoms with Gasteiger partial charge in [0, 0.05) is 5.75 Å². The van der Waals surface area contributed by atoms with Crippen molar-refractivity contribution in [2.24, 2.45) is 0 Å². The summed E-state index contributed by atoms with van der Waals surface area (Å²) in [6.45, 7) is 0. The van der Waals surface area contributed by atoms with Gasteiger partial charge < -0.3 is 4.74 Å². The van der Waals surface area contributed by atoms with E-state index in [2.05, 4.69) is 17.4 Å². The van der Waals surface area contributed by atoms with Crippen LogP contribution in [0.3, 0.4) is 0 Å². The number of benzene rings is 1. The number of ether oxygens (including phenoxy) is 1.